The normalized spacial score (nSPS) is 13.4. The average Bonchev–Trinajstić information content (AvgIpc) is 2.37. The van der Waals surface area contributed by atoms with Gasteiger partial charge in [0.15, 0.2) is 0 Å². The van der Waals surface area contributed by atoms with Crippen molar-refractivity contribution in [1.82, 2.24) is 0 Å². The van der Waals surface area contributed by atoms with Gasteiger partial charge in [0.2, 0.25) is 0 Å². The molecule has 7 nitrogen and oxygen atoms in total. The zero-order valence-corrected chi connectivity index (χ0v) is 9.77. The molecule has 0 bridgehead atoms. The highest BCUT2D eigenvalue weighted by molar-refractivity contribution is 5.89. The minimum atomic E-state index is -1.57. The molecule has 8 heteroatoms. The molecule has 0 fully saturated rings. The summed E-state index contributed by atoms with van der Waals surface area (Å²) in [6.45, 7) is -0.0630. The number of aliphatic hydroxyl groups is 2. The summed E-state index contributed by atoms with van der Waals surface area (Å²) in [6.07, 6.45) is -3.00. The summed E-state index contributed by atoms with van der Waals surface area (Å²) in [4.78, 5) is 13.4. The first-order valence-electron chi connectivity index (χ1n) is 5.37. The fourth-order valence-corrected chi connectivity index (χ4v) is 1.61. The molecular formula is C11H12FN3O4. The maximum absolute atomic E-state index is 13.4. The van der Waals surface area contributed by atoms with Gasteiger partial charge in [0.1, 0.15) is 17.5 Å². The predicted octanol–water partition coefficient (Wildman–Crippen LogP) is 1.62. The molecule has 0 aliphatic heterocycles. The van der Waals surface area contributed by atoms with E-state index < -0.39 is 29.6 Å². The summed E-state index contributed by atoms with van der Waals surface area (Å²) in [5, 5.41) is 31.5. The van der Waals surface area contributed by atoms with E-state index in [0.717, 1.165) is 6.07 Å². The third kappa shape index (κ3) is 3.65. The third-order valence-corrected chi connectivity index (χ3v) is 2.53. The number of azide groups is 1. The number of aromatic carboxylic acids is 1. The van der Waals surface area contributed by atoms with E-state index in [-0.39, 0.29) is 18.5 Å². The molecule has 1 aromatic carbocycles. The minimum Gasteiger partial charge on any atom is -0.478 e. The molecule has 0 saturated carbocycles. The van der Waals surface area contributed by atoms with Crippen molar-refractivity contribution in [1.29, 1.82) is 0 Å². The number of hydrogen-bond donors (Lipinski definition) is 3. The number of carbonyl (C=O) groups is 1. The van der Waals surface area contributed by atoms with Crippen LogP contribution in [0.1, 0.15) is 28.4 Å². The van der Waals surface area contributed by atoms with Crippen molar-refractivity contribution in [3.63, 3.8) is 0 Å². The van der Waals surface area contributed by atoms with Gasteiger partial charge in [-0.2, -0.15) is 0 Å². The molecule has 0 radical (unpaired) electrons. The van der Waals surface area contributed by atoms with Crippen LogP contribution in [0.5, 0.6) is 0 Å². The lowest BCUT2D eigenvalue weighted by molar-refractivity contribution is 0.0139. The van der Waals surface area contributed by atoms with Crippen LogP contribution in [0.4, 0.5) is 4.39 Å². The zero-order valence-electron chi connectivity index (χ0n) is 9.77. The van der Waals surface area contributed by atoms with Crippen LogP contribution in [-0.2, 0) is 0 Å². The first-order valence-corrected chi connectivity index (χ1v) is 5.37. The molecular weight excluding hydrogens is 257 g/mol. The smallest absolute Gasteiger partial charge is 0.339 e. The highest BCUT2D eigenvalue weighted by Crippen LogP contribution is 2.24. The lowest BCUT2D eigenvalue weighted by atomic mass is 9.96. The Morgan fingerprint density at radius 2 is 2.16 bits per heavy atom. The van der Waals surface area contributed by atoms with Crippen LogP contribution in [0.3, 0.4) is 0 Å². The van der Waals surface area contributed by atoms with Crippen LogP contribution < -0.4 is 0 Å². The van der Waals surface area contributed by atoms with Gasteiger partial charge in [-0.3, -0.25) is 0 Å². The standard InChI is InChI=1S/C11H12FN3O4/c12-7-3-1-2-6(9(7)11(18)19)10(17)8(16)4-5-14-15-13/h1-3,8,10,16-17H,4-5H2,(H,18,19). The predicted molar refractivity (Wildman–Crippen MR) is 63.0 cm³/mol. The number of benzene rings is 1. The Balaban J connectivity index is 2.98. The maximum Gasteiger partial charge on any atom is 0.339 e. The van der Waals surface area contributed by atoms with Crippen LogP contribution in [0.25, 0.3) is 10.4 Å². The van der Waals surface area contributed by atoms with Crippen molar-refractivity contribution >= 4 is 5.97 Å². The Morgan fingerprint density at radius 3 is 2.74 bits per heavy atom. The van der Waals surface area contributed by atoms with Crippen molar-refractivity contribution in [3.05, 3.63) is 45.6 Å². The van der Waals surface area contributed by atoms with E-state index in [1.807, 2.05) is 0 Å². The van der Waals surface area contributed by atoms with E-state index in [2.05, 4.69) is 10.0 Å². The molecule has 1 aromatic rings. The molecule has 19 heavy (non-hydrogen) atoms. The van der Waals surface area contributed by atoms with E-state index >= 15 is 0 Å². The topological polar surface area (TPSA) is 127 Å². The SMILES string of the molecule is [N-]=[N+]=NCCC(O)C(O)c1cccc(F)c1C(=O)O. The number of carboxylic acids is 1. The van der Waals surface area contributed by atoms with Crippen molar-refractivity contribution in [2.24, 2.45) is 5.11 Å². The molecule has 0 aromatic heterocycles. The van der Waals surface area contributed by atoms with Gasteiger partial charge in [-0.1, -0.05) is 17.2 Å². The van der Waals surface area contributed by atoms with Gasteiger partial charge < -0.3 is 15.3 Å². The van der Waals surface area contributed by atoms with Gasteiger partial charge in [0.25, 0.3) is 0 Å². The van der Waals surface area contributed by atoms with Gasteiger partial charge in [-0.15, -0.1) is 0 Å². The largest absolute Gasteiger partial charge is 0.478 e. The van der Waals surface area contributed by atoms with Crippen LogP contribution in [0.15, 0.2) is 23.3 Å². The Hall–Kier alpha value is -2.15. The molecule has 0 spiro atoms. The fourth-order valence-electron chi connectivity index (χ4n) is 1.61. The van der Waals surface area contributed by atoms with Crippen molar-refractivity contribution in [3.8, 4) is 0 Å². The Bertz CT molecular complexity index is 517. The highest BCUT2D eigenvalue weighted by atomic mass is 19.1. The minimum absolute atomic E-state index is 0.0630. The summed E-state index contributed by atoms with van der Waals surface area (Å²) in [6, 6.07) is 3.40. The molecule has 0 heterocycles. The van der Waals surface area contributed by atoms with Crippen molar-refractivity contribution in [2.75, 3.05) is 6.54 Å². The van der Waals surface area contributed by atoms with Gasteiger partial charge in [-0.05, 0) is 18.0 Å². The second kappa shape index (κ2) is 6.69. The molecule has 2 unspecified atom stereocenters. The fraction of sp³-hybridized carbons (Fsp3) is 0.364. The van der Waals surface area contributed by atoms with Crippen LogP contribution in [0.2, 0.25) is 0 Å². The molecule has 3 N–H and O–H groups in total. The number of carboxylic acid groups (broad SMARTS) is 1. The number of aliphatic hydroxyl groups excluding tert-OH is 2. The molecule has 0 aliphatic carbocycles. The Labute approximate surface area is 107 Å². The van der Waals surface area contributed by atoms with E-state index in [0.29, 0.717) is 0 Å². The van der Waals surface area contributed by atoms with E-state index in [4.69, 9.17) is 10.6 Å². The lowest BCUT2D eigenvalue weighted by Crippen LogP contribution is -2.22. The number of rotatable bonds is 6. The summed E-state index contributed by atoms with van der Waals surface area (Å²) in [5.41, 5.74) is 7.17. The maximum atomic E-state index is 13.4. The molecule has 0 aliphatic rings. The van der Waals surface area contributed by atoms with Crippen LogP contribution in [0, 0.1) is 5.82 Å². The third-order valence-electron chi connectivity index (χ3n) is 2.53. The van der Waals surface area contributed by atoms with E-state index in [1.165, 1.54) is 12.1 Å². The average molecular weight is 269 g/mol. The monoisotopic (exact) mass is 269 g/mol. The molecule has 0 saturated heterocycles. The molecule has 1 rings (SSSR count). The van der Waals surface area contributed by atoms with Gasteiger partial charge in [0, 0.05) is 17.0 Å². The van der Waals surface area contributed by atoms with Crippen molar-refractivity contribution < 1.29 is 24.5 Å². The molecule has 0 amide bonds. The van der Waals surface area contributed by atoms with Gasteiger partial charge in [0.05, 0.1) is 6.10 Å². The summed E-state index contributed by atoms with van der Waals surface area (Å²) in [5.74, 6) is -2.53. The lowest BCUT2D eigenvalue weighted by Gasteiger charge is -2.19. The first-order chi connectivity index (χ1) is 8.99. The van der Waals surface area contributed by atoms with Crippen molar-refractivity contribution in [2.45, 2.75) is 18.6 Å². The summed E-state index contributed by atoms with van der Waals surface area (Å²) < 4.78 is 13.4. The van der Waals surface area contributed by atoms with Crippen LogP contribution in [-0.4, -0.2) is 33.9 Å². The quantitative estimate of drug-likeness (QED) is 0.412. The van der Waals surface area contributed by atoms with Crippen LogP contribution >= 0.6 is 0 Å². The Morgan fingerprint density at radius 1 is 1.47 bits per heavy atom. The Kier molecular flexibility index (Phi) is 5.25. The first kappa shape index (κ1) is 14.9. The van der Waals surface area contributed by atoms with Gasteiger partial charge >= 0.3 is 5.97 Å². The zero-order chi connectivity index (χ0) is 14.4. The van der Waals surface area contributed by atoms with E-state index in [1.54, 1.807) is 0 Å². The second-order valence-corrected chi connectivity index (χ2v) is 3.76. The van der Waals surface area contributed by atoms with E-state index in [9.17, 15) is 19.4 Å². The summed E-state index contributed by atoms with van der Waals surface area (Å²) >= 11 is 0. The number of halogens is 1. The molecule has 102 valence electrons. The molecule has 2 atom stereocenters. The highest BCUT2D eigenvalue weighted by Gasteiger charge is 2.25. The van der Waals surface area contributed by atoms with Gasteiger partial charge in [-0.25, -0.2) is 9.18 Å². The number of hydrogen-bond acceptors (Lipinski definition) is 4. The second-order valence-electron chi connectivity index (χ2n) is 3.76. The summed E-state index contributed by atoms with van der Waals surface area (Å²) in [7, 11) is 0. The number of nitrogens with zero attached hydrogens (tertiary/aromatic N) is 3.